The minimum absolute atomic E-state index is 0.00319. The third-order valence-corrected chi connectivity index (χ3v) is 4.64. The van der Waals surface area contributed by atoms with Crippen LogP contribution in [-0.2, 0) is 16.0 Å². The van der Waals surface area contributed by atoms with Crippen molar-refractivity contribution in [2.45, 2.75) is 33.3 Å². The molecule has 0 saturated carbocycles. The van der Waals surface area contributed by atoms with Gasteiger partial charge in [0.2, 0.25) is 11.7 Å². The Hall–Kier alpha value is -3.42. The predicted octanol–water partition coefficient (Wildman–Crippen LogP) is 2.49. The normalized spacial score (nSPS) is 11.3. The highest BCUT2D eigenvalue weighted by atomic mass is 16.5. The van der Waals surface area contributed by atoms with Crippen LogP contribution < -0.4 is 29.8 Å². The summed E-state index contributed by atoms with van der Waals surface area (Å²) in [6.45, 7) is 5.51. The summed E-state index contributed by atoms with van der Waals surface area (Å²) in [5.41, 5.74) is 7.45. The van der Waals surface area contributed by atoms with E-state index in [1.807, 2.05) is 26.0 Å². The van der Waals surface area contributed by atoms with Crippen molar-refractivity contribution < 1.29 is 28.5 Å². The first-order valence-electron chi connectivity index (χ1n) is 9.41. The average Bonchev–Trinajstić information content (AvgIpc) is 2.74. The number of aryl methyl sites for hydroxylation is 1. The van der Waals surface area contributed by atoms with Gasteiger partial charge in [0, 0.05) is 0 Å². The number of benzene rings is 2. The second kappa shape index (κ2) is 10.4. The Labute approximate surface area is 176 Å². The van der Waals surface area contributed by atoms with Crippen LogP contribution in [0.3, 0.4) is 0 Å². The Morgan fingerprint density at radius 2 is 1.57 bits per heavy atom. The maximum atomic E-state index is 12.3. The lowest BCUT2D eigenvalue weighted by molar-refractivity contribution is -0.132. The van der Waals surface area contributed by atoms with Gasteiger partial charge in [-0.1, -0.05) is 12.1 Å². The molecule has 0 radical (unpaired) electrons. The Morgan fingerprint density at radius 1 is 0.933 bits per heavy atom. The number of hydrogen-bond acceptors (Lipinski definition) is 6. The lowest BCUT2D eigenvalue weighted by atomic mass is 10.1. The first kappa shape index (κ1) is 22.9. The summed E-state index contributed by atoms with van der Waals surface area (Å²) < 4.78 is 21.5. The summed E-state index contributed by atoms with van der Waals surface area (Å²) in [5, 5.41) is 0. The molecule has 2 aromatic rings. The molecule has 0 heterocycles. The van der Waals surface area contributed by atoms with E-state index in [0.29, 0.717) is 28.6 Å². The largest absolute Gasteiger partial charge is 0.493 e. The molecule has 2 amide bonds. The number of ether oxygens (including phenoxy) is 4. The van der Waals surface area contributed by atoms with Gasteiger partial charge in [-0.05, 0) is 55.7 Å². The Balaban J connectivity index is 1.95. The molecule has 0 bridgehead atoms. The monoisotopic (exact) mass is 416 g/mol. The van der Waals surface area contributed by atoms with Gasteiger partial charge in [0.05, 0.1) is 27.8 Å². The van der Waals surface area contributed by atoms with Crippen LogP contribution in [0, 0.1) is 13.8 Å². The third-order valence-electron chi connectivity index (χ3n) is 4.64. The van der Waals surface area contributed by atoms with Crippen LogP contribution in [0.2, 0.25) is 0 Å². The minimum atomic E-state index is -0.785. The van der Waals surface area contributed by atoms with Gasteiger partial charge >= 0.3 is 0 Å². The van der Waals surface area contributed by atoms with Crippen molar-refractivity contribution in [3.63, 3.8) is 0 Å². The van der Waals surface area contributed by atoms with Gasteiger partial charge in [-0.15, -0.1) is 0 Å². The first-order chi connectivity index (χ1) is 14.3. The summed E-state index contributed by atoms with van der Waals surface area (Å²) in [5.74, 6) is 1.08. The lowest BCUT2D eigenvalue weighted by Gasteiger charge is -2.17. The molecule has 2 N–H and O–H groups in total. The van der Waals surface area contributed by atoms with Crippen molar-refractivity contribution in [2.24, 2.45) is 0 Å². The smallest absolute Gasteiger partial charge is 0.279 e. The van der Waals surface area contributed by atoms with Crippen molar-refractivity contribution in [2.75, 3.05) is 21.3 Å². The van der Waals surface area contributed by atoms with Gasteiger partial charge in [-0.3, -0.25) is 20.4 Å². The number of rotatable bonds is 8. The Kier molecular flexibility index (Phi) is 7.91. The molecule has 1 atom stereocenters. The third kappa shape index (κ3) is 5.56. The SMILES string of the molecule is COc1cc(CC(=O)NNC(=O)[C@H](C)Oc2cccc(C)c2C)cc(OC)c1OC. The zero-order valence-electron chi connectivity index (χ0n) is 18.1. The van der Waals surface area contributed by atoms with E-state index in [1.165, 1.54) is 21.3 Å². The molecule has 0 fully saturated rings. The van der Waals surface area contributed by atoms with Gasteiger partial charge in [0.25, 0.3) is 5.91 Å². The predicted molar refractivity (Wildman–Crippen MR) is 112 cm³/mol. The number of nitrogens with one attached hydrogen (secondary N) is 2. The van der Waals surface area contributed by atoms with Crippen LogP contribution in [0.15, 0.2) is 30.3 Å². The van der Waals surface area contributed by atoms with Crippen molar-refractivity contribution in [3.8, 4) is 23.0 Å². The molecule has 2 aromatic carbocycles. The second-order valence-electron chi connectivity index (χ2n) is 6.71. The number of carbonyl (C=O) groups is 2. The first-order valence-corrected chi connectivity index (χ1v) is 9.41. The lowest BCUT2D eigenvalue weighted by Crippen LogP contribution is -2.47. The van der Waals surface area contributed by atoms with E-state index in [9.17, 15) is 9.59 Å². The highest BCUT2D eigenvalue weighted by Crippen LogP contribution is 2.38. The fourth-order valence-electron chi connectivity index (χ4n) is 2.80. The number of hydrazine groups is 1. The van der Waals surface area contributed by atoms with Gasteiger partial charge in [0.1, 0.15) is 5.75 Å². The molecule has 162 valence electrons. The standard InChI is InChI=1S/C22H28N2O6/c1-13-8-7-9-17(14(13)2)30-15(3)22(26)24-23-20(25)12-16-10-18(27-4)21(29-6)19(11-16)28-5/h7-11,15H,12H2,1-6H3,(H,23,25)(H,24,26)/t15-/m0/s1. The van der Waals surface area contributed by atoms with Gasteiger partial charge < -0.3 is 18.9 Å². The maximum Gasteiger partial charge on any atom is 0.279 e. The molecular weight excluding hydrogens is 388 g/mol. The van der Waals surface area contributed by atoms with E-state index >= 15 is 0 Å². The van der Waals surface area contributed by atoms with E-state index in [2.05, 4.69) is 10.9 Å². The number of amides is 2. The summed E-state index contributed by atoms with van der Waals surface area (Å²) in [7, 11) is 4.50. The molecule has 0 spiro atoms. The topological polar surface area (TPSA) is 95.1 Å². The molecule has 0 unspecified atom stereocenters. The van der Waals surface area contributed by atoms with Gasteiger partial charge in [-0.25, -0.2) is 0 Å². The van der Waals surface area contributed by atoms with Crippen molar-refractivity contribution in [1.82, 2.24) is 10.9 Å². The molecule has 2 rings (SSSR count). The fraction of sp³-hybridized carbons (Fsp3) is 0.364. The summed E-state index contributed by atoms with van der Waals surface area (Å²) in [4.78, 5) is 24.5. The Bertz CT molecular complexity index is 887. The quantitative estimate of drug-likeness (QED) is 0.642. The van der Waals surface area contributed by atoms with E-state index in [0.717, 1.165) is 11.1 Å². The highest BCUT2D eigenvalue weighted by molar-refractivity contribution is 5.85. The molecule has 0 saturated heterocycles. The average molecular weight is 416 g/mol. The molecule has 8 heteroatoms. The fourth-order valence-corrected chi connectivity index (χ4v) is 2.80. The van der Waals surface area contributed by atoms with Gasteiger partial charge in [-0.2, -0.15) is 0 Å². The Morgan fingerprint density at radius 3 is 2.13 bits per heavy atom. The molecule has 8 nitrogen and oxygen atoms in total. The zero-order valence-corrected chi connectivity index (χ0v) is 18.1. The second-order valence-corrected chi connectivity index (χ2v) is 6.71. The molecule has 0 aliphatic carbocycles. The summed E-state index contributed by atoms with van der Waals surface area (Å²) in [6, 6.07) is 8.98. The molecule has 0 aromatic heterocycles. The molecule has 0 aliphatic heterocycles. The van der Waals surface area contributed by atoms with Crippen LogP contribution in [0.25, 0.3) is 0 Å². The van der Waals surface area contributed by atoms with Crippen LogP contribution in [0.1, 0.15) is 23.6 Å². The van der Waals surface area contributed by atoms with Gasteiger partial charge in [0.15, 0.2) is 17.6 Å². The van der Waals surface area contributed by atoms with Crippen LogP contribution in [0.5, 0.6) is 23.0 Å². The maximum absolute atomic E-state index is 12.3. The number of hydrogen-bond donors (Lipinski definition) is 2. The van der Waals surface area contributed by atoms with E-state index < -0.39 is 17.9 Å². The molecular formula is C22H28N2O6. The van der Waals surface area contributed by atoms with E-state index in [1.54, 1.807) is 25.1 Å². The zero-order chi connectivity index (χ0) is 22.3. The van der Waals surface area contributed by atoms with Crippen molar-refractivity contribution >= 4 is 11.8 Å². The van der Waals surface area contributed by atoms with Crippen molar-refractivity contribution in [1.29, 1.82) is 0 Å². The highest BCUT2D eigenvalue weighted by Gasteiger charge is 2.18. The number of carbonyl (C=O) groups excluding carboxylic acids is 2. The summed E-state index contributed by atoms with van der Waals surface area (Å²) >= 11 is 0. The van der Waals surface area contributed by atoms with E-state index in [-0.39, 0.29) is 6.42 Å². The number of methoxy groups -OCH3 is 3. The minimum Gasteiger partial charge on any atom is -0.493 e. The van der Waals surface area contributed by atoms with Crippen LogP contribution >= 0.6 is 0 Å². The van der Waals surface area contributed by atoms with Crippen molar-refractivity contribution in [3.05, 3.63) is 47.0 Å². The summed E-state index contributed by atoms with van der Waals surface area (Å²) in [6.07, 6.45) is -0.782. The van der Waals surface area contributed by atoms with Crippen LogP contribution in [0.4, 0.5) is 0 Å². The molecule has 30 heavy (non-hydrogen) atoms. The molecule has 0 aliphatic rings. The van der Waals surface area contributed by atoms with Crippen LogP contribution in [-0.4, -0.2) is 39.2 Å². The van der Waals surface area contributed by atoms with E-state index in [4.69, 9.17) is 18.9 Å².